The number of rotatable bonds is 4. The molecule has 0 N–H and O–H groups in total. The van der Waals surface area contributed by atoms with E-state index < -0.39 is 0 Å². The Morgan fingerprint density at radius 1 is 0.759 bits per heavy atom. The number of aromatic nitrogens is 1. The van der Waals surface area contributed by atoms with Gasteiger partial charge in [-0.3, -0.25) is 4.90 Å². The summed E-state index contributed by atoms with van der Waals surface area (Å²) in [6.07, 6.45) is 0. The Morgan fingerprint density at radius 2 is 1.48 bits per heavy atom. The number of hydrogen-bond donors (Lipinski definition) is 0. The highest BCUT2D eigenvalue weighted by Gasteiger charge is 2.18. The maximum Gasteiger partial charge on any atom is 0.0491 e. The molecule has 0 amide bonds. The molecule has 0 radical (unpaired) electrons. The summed E-state index contributed by atoms with van der Waals surface area (Å²) >= 11 is 0. The molecule has 1 aliphatic heterocycles. The van der Waals surface area contributed by atoms with Crippen LogP contribution < -0.4 is 4.90 Å². The fraction of sp³-hybridized carbons (Fsp3) is 0.308. The number of aryl methyl sites for hydroxylation is 2. The first-order chi connectivity index (χ1) is 14.2. The first-order valence-corrected chi connectivity index (χ1v) is 10.8. The van der Waals surface area contributed by atoms with E-state index in [4.69, 9.17) is 0 Å². The minimum atomic E-state index is 1.00. The topological polar surface area (TPSA) is 11.4 Å². The summed E-state index contributed by atoms with van der Waals surface area (Å²) in [5.74, 6) is 0. The summed E-state index contributed by atoms with van der Waals surface area (Å²) in [6.45, 7) is 10.8. The molecule has 0 aliphatic carbocycles. The number of para-hydroxylation sites is 1. The lowest BCUT2D eigenvalue weighted by atomic mass is 10.1. The third-order valence-corrected chi connectivity index (χ3v) is 6.33. The van der Waals surface area contributed by atoms with Crippen molar-refractivity contribution in [3.8, 4) is 0 Å². The summed E-state index contributed by atoms with van der Waals surface area (Å²) in [5, 5.41) is 2.76. The van der Waals surface area contributed by atoms with Gasteiger partial charge in [0.15, 0.2) is 0 Å². The van der Waals surface area contributed by atoms with Crippen LogP contribution in [0.1, 0.15) is 18.1 Å². The lowest BCUT2D eigenvalue weighted by Gasteiger charge is -2.36. The van der Waals surface area contributed by atoms with Crippen molar-refractivity contribution in [1.82, 2.24) is 9.47 Å². The van der Waals surface area contributed by atoms with Gasteiger partial charge in [0, 0.05) is 66.8 Å². The van der Waals surface area contributed by atoms with Gasteiger partial charge in [-0.1, -0.05) is 42.0 Å². The van der Waals surface area contributed by atoms with Gasteiger partial charge in [0.25, 0.3) is 0 Å². The summed E-state index contributed by atoms with van der Waals surface area (Å²) in [7, 11) is 0. The molecule has 3 aromatic carbocycles. The van der Waals surface area contributed by atoms with Crippen LogP contribution in [0.2, 0.25) is 0 Å². The fourth-order valence-electron chi connectivity index (χ4n) is 4.72. The lowest BCUT2D eigenvalue weighted by Crippen LogP contribution is -2.45. The van der Waals surface area contributed by atoms with E-state index >= 15 is 0 Å². The second-order valence-corrected chi connectivity index (χ2v) is 8.21. The second kappa shape index (κ2) is 7.57. The lowest BCUT2D eigenvalue weighted by molar-refractivity contribution is 0.250. The third kappa shape index (κ3) is 3.40. The first-order valence-electron chi connectivity index (χ1n) is 10.8. The third-order valence-electron chi connectivity index (χ3n) is 6.33. The minimum absolute atomic E-state index is 1.00. The Balaban J connectivity index is 1.33. The molecule has 29 heavy (non-hydrogen) atoms. The zero-order valence-corrected chi connectivity index (χ0v) is 17.4. The van der Waals surface area contributed by atoms with Gasteiger partial charge < -0.3 is 9.47 Å². The van der Waals surface area contributed by atoms with Gasteiger partial charge in [-0.05, 0) is 49.7 Å². The van der Waals surface area contributed by atoms with Crippen molar-refractivity contribution in [3.63, 3.8) is 0 Å². The van der Waals surface area contributed by atoms with Gasteiger partial charge in [0.2, 0.25) is 0 Å². The molecule has 1 aromatic heterocycles. The molecule has 3 nitrogen and oxygen atoms in total. The van der Waals surface area contributed by atoms with Gasteiger partial charge in [-0.25, -0.2) is 0 Å². The molecule has 5 rings (SSSR count). The molecule has 1 fully saturated rings. The monoisotopic (exact) mass is 383 g/mol. The van der Waals surface area contributed by atoms with E-state index in [-0.39, 0.29) is 0 Å². The number of anilines is 1. The highest BCUT2D eigenvalue weighted by atomic mass is 15.3. The Labute approximate surface area is 173 Å². The largest absolute Gasteiger partial charge is 0.369 e. The summed E-state index contributed by atoms with van der Waals surface area (Å²) in [5.41, 5.74) is 6.78. The Morgan fingerprint density at radius 3 is 2.24 bits per heavy atom. The van der Waals surface area contributed by atoms with Crippen LogP contribution in [0.15, 0.2) is 66.7 Å². The number of nitrogens with zero attached hydrogens (tertiary/aromatic N) is 3. The van der Waals surface area contributed by atoms with Crippen LogP contribution in [0.25, 0.3) is 21.8 Å². The second-order valence-electron chi connectivity index (χ2n) is 8.21. The van der Waals surface area contributed by atoms with E-state index in [9.17, 15) is 0 Å². The molecular formula is C26H29N3. The van der Waals surface area contributed by atoms with E-state index in [2.05, 4.69) is 94.9 Å². The molecule has 0 unspecified atom stereocenters. The molecule has 1 saturated heterocycles. The van der Waals surface area contributed by atoms with Crippen LogP contribution in [0.4, 0.5) is 5.69 Å². The quantitative estimate of drug-likeness (QED) is 0.464. The smallest absolute Gasteiger partial charge is 0.0491 e. The van der Waals surface area contributed by atoms with Crippen molar-refractivity contribution in [2.24, 2.45) is 0 Å². The van der Waals surface area contributed by atoms with Crippen LogP contribution in [-0.4, -0.2) is 35.6 Å². The zero-order chi connectivity index (χ0) is 19.8. The maximum absolute atomic E-state index is 2.59. The van der Waals surface area contributed by atoms with Gasteiger partial charge in [-0.2, -0.15) is 0 Å². The Hall–Kier alpha value is -2.78. The molecular weight excluding hydrogens is 354 g/mol. The van der Waals surface area contributed by atoms with Crippen LogP contribution in [0.5, 0.6) is 0 Å². The normalized spacial score (nSPS) is 15.4. The van der Waals surface area contributed by atoms with Gasteiger partial charge >= 0.3 is 0 Å². The number of piperazine rings is 1. The van der Waals surface area contributed by atoms with E-state index in [1.807, 2.05) is 0 Å². The SMILES string of the molecule is CCn1c2ccccc2c2cc(CN3CCN(c4ccc(C)cc4)CC3)ccc21. The first kappa shape index (κ1) is 18.3. The van der Waals surface area contributed by atoms with Crippen molar-refractivity contribution < 1.29 is 0 Å². The number of fused-ring (bicyclic) bond motifs is 3. The van der Waals surface area contributed by atoms with Crippen LogP contribution >= 0.6 is 0 Å². The molecule has 3 heteroatoms. The van der Waals surface area contributed by atoms with Gasteiger partial charge in [0.1, 0.15) is 0 Å². The molecule has 4 aromatic rings. The average molecular weight is 384 g/mol. The maximum atomic E-state index is 2.59. The Kier molecular flexibility index (Phi) is 4.76. The van der Waals surface area contributed by atoms with Gasteiger partial charge in [0.05, 0.1) is 0 Å². The fourth-order valence-corrected chi connectivity index (χ4v) is 4.72. The molecule has 1 aliphatic rings. The van der Waals surface area contributed by atoms with Crippen LogP contribution in [-0.2, 0) is 13.1 Å². The number of hydrogen-bond acceptors (Lipinski definition) is 2. The molecule has 0 bridgehead atoms. The standard InChI is InChI=1S/C26H29N3/c1-3-29-25-7-5-4-6-23(25)24-18-21(10-13-26(24)29)19-27-14-16-28(17-15-27)22-11-8-20(2)9-12-22/h4-13,18H,3,14-17,19H2,1-2H3. The molecule has 0 atom stereocenters. The highest BCUT2D eigenvalue weighted by Crippen LogP contribution is 2.30. The van der Waals surface area contributed by atoms with Crippen molar-refractivity contribution in [2.75, 3.05) is 31.1 Å². The van der Waals surface area contributed by atoms with Crippen molar-refractivity contribution in [3.05, 3.63) is 77.9 Å². The van der Waals surface area contributed by atoms with Gasteiger partial charge in [-0.15, -0.1) is 0 Å². The zero-order valence-electron chi connectivity index (χ0n) is 17.4. The molecule has 148 valence electrons. The predicted octanol–water partition coefficient (Wildman–Crippen LogP) is 5.45. The van der Waals surface area contributed by atoms with Crippen LogP contribution in [0, 0.1) is 6.92 Å². The summed E-state index contributed by atoms with van der Waals surface area (Å²) in [6, 6.07) is 24.8. The predicted molar refractivity (Wildman–Crippen MR) is 124 cm³/mol. The summed E-state index contributed by atoms with van der Waals surface area (Å²) < 4.78 is 2.43. The van der Waals surface area contributed by atoms with Crippen molar-refractivity contribution in [1.29, 1.82) is 0 Å². The van der Waals surface area contributed by atoms with Crippen molar-refractivity contribution in [2.45, 2.75) is 26.9 Å². The highest BCUT2D eigenvalue weighted by molar-refractivity contribution is 6.08. The molecule has 0 saturated carbocycles. The van der Waals surface area contributed by atoms with Crippen LogP contribution in [0.3, 0.4) is 0 Å². The Bertz CT molecular complexity index is 1130. The molecule has 0 spiro atoms. The van der Waals surface area contributed by atoms with E-state index in [1.54, 1.807) is 0 Å². The molecule has 2 heterocycles. The van der Waals surface area contributed by atoms with E-state index in [0.29, 0.717) is 0 Å². The van der Waals surface area contributed by atoms with Crippen molar-refractivity contribution >= 4 is 27.5 Å². The average Bonchev–Trinajstić information content (AvgIpc) is 3.08. The minimum Gasteiger partial charge on any atom is -0.369 e. The number of benzene rings is 3. The summed E-state index contributed by atoms with van der Waals surface area (Å²) in [4.78, 5) is 5.10. The van der Waals surface area contributed by atoms with E-state index in [0.717, 1.165) is 39.3 Å². The van der Waals surface area contributed by atoms with E-state index in [1.165, 1.54) is 38.6 Å².